The third-order valence-electron chi connectivity index (χ3n) is 3.02. The summed E-state index contributed by atoms with van der Waals surface area (Å²) in [6, 6.07) is 8.35. The summed E-state index contributed by atoms with van der Waals surface area (Å²) >= 11 is 0. The largest absolute Gasteiger partial charge is 0.377 e. The molecule has 0 spiro atoms. The summed E-state index contributed by atoms with van der Waals surface area (Å²) in [6.45, 7) is 10.3. The SMILES string of the molecule is CCCNC(=NCc1ccccc1COCCC)NCC. The van der Waals surface area contributed by atoms with Crippen molar-refractivity contribution in [2.75, 3.05) is 19.7 Å². The summed E-state index contributed by atoms with van der Waals surface area (Å²) in [5.74, 6) is 0.878. The third kappa shape index (κ3) is 7.14. The average molecular weight is 291 g/mol. The molecule has 0 radical (unpaired) electrons. The highest BCUT2D eigenvalue weighted by molar-refractivity contribution is 5.79. The van der Waals surface area contributed by atoms with Crippen molar-refractivity contribution in [2.24, 2.45) is 4.99 Å². The summed E-state index contributed by atoms with van der Waals surface area (Å²) in [4.78, 5) is 4.65. The van der Waals surface area contributed by atoms with Crippen molar-refractivity contribution in [3.05, 3.63) is 35.4 Å². The first-order valence-corrected chi connectivity index (χ1v) is 7.98. The average Bonchev–Trinajstić information content (AvgIpc) is 2.51. The zero-order chi connectivity index (χ0) is 15.3. The van der Waals surface area contributed by atoms with Gasteiger partial charge in [-0.15, -0.1) is 0 Å². The molecule has 2 N–H and O–H groups in total. The second-order valence-electron chi connectivity index (χ2n) is 4.94. The number of guanidine groups is 1. The maximum Gasteiger partial charge on any atom is 0.191 e. The summed E-state index contributed by atoms with van der Waals surface area (Å²) in [5.41, 5.74) is 2.45. The van der Waals surface area contributed by atoms with E-state index in [0.717, 1.165) is 38.5 Å². The standard InChI is InChI=1S/C17H29N3O/c1-4-11-19-17(18-6-3)20-13-15-9-7-8-10-16(15)14-21-12-5-2/h7-10H,4-6,11-14H2,1-3H3,(H2,18,19,20). The van der Waals surface area contributed by atoms with Crippen LogP contribution in [0.25, 0.3) is 0 Å². The van der Waals surface area contributed by atoms with Crippen molar-refractivity contribution in [3.63, 3.8) is 0 Å². The van der Waals surface area contributed by atoms with Crippen LogP contribution in [0.15, 0.2) is 29.3 Å². The van der Waals surface area contributed by atoms with Crippen LogP contribution in [-0.4, -0.2) is 25.7 Å². The van der Waals surface area contributed by atoms with Gasteiger partial charge in [0.2, 0.25) is 0 Å². The predicted molar refractivity (Wildman–Crippen MR) is 89.5 cm³/mol. The topological polar surface area (TPSA) is 45.7 Å². The molecular weight excluding hydrogens is 262 g/mol. The predicted octanol–water partition coefficient (Wildman–Crippen LogP) is 3.08. The lowest BCUT2D eigenvalue weighted by atomic mass is 10.1. The highest BCUT2D eigenvalue weighted by Gasteiger charge is 2.02. The van der Waals surface area contributed by atoms with Crippen LogP contribution in [-0.2, 0) is 17.9 Å². The molecule has 0 atom stereocenters. The van der Waals surface area contributed by atoms with Gasteiger partial charge < -0.3 is 15.4 Å². The Bertz CT molecular complexity index is 418. The highest BCUT2D eigenvalue weighted by atomic mass is 16.5. The first kappa shape index (κ1) is 17.5. The second kappa shape index (κ2) is 11.1. The Morgan fingerprint density at radius 3 is 2.48 bits per heavy atom. The van der Waals surface area contributed by atoms with E-state index in [9.17, 15) is 0 Å². The van der Waals surface area contributed by atoms with Gasteiger partial charge in [0.05, 0.1) is 13.2 Å². The van der Waals surface area contributed by atoms with Gasteiger partial charge in [-0.2, -0.15) is 0 Å². The van der Waals surface area contributed by atoms with Crippen molar-refractivity contribution < 1.29 is 4.74 Å². The van der Waals surface area contributed by atoms with Crippen molar-refractivity contribution in [1.82, 2.24) is 10.6 Å². The molecule has 1 aromatic carbocycles. The van der Waals surface area contributed by atoms with E-state index in [4.69, 9.17) is 4.74 Å². The van der Waals surface area contributed by atoms with E-state index < -0.39 is 0 Å². The second-order valence-corrected chi connectivity index (χ2v) is 4.94. The Kier molecular flexibility index (Phi) is 9.29. The number of aliphatic imine (C=N–C) groups is 1. The van der Waals surface area contributed by atoms with Crippen LogP contribution >= 0.6 is 0 Å². The maximum absolute atomic E-state index is 5.65. The molecule has 118 valence electrons. The minimum absolute atomic E-state index is 0.665. The van der Waals surface area contributed by atoms with Gasteiger partial charge in [-0.05, 0) is 30.9 Å². The molecule has 0 heterocycles. The van der Waals surface area contributed by atoms with Crippen LogP contribution < -0.4 is 10.6 Å². The molecule has 21 heavy (non-hydrogen) atoms. The minimum Gasteiger partial charge on any atom is -0.377 e. The van der Waals surface area contributed by atoms with E-state index in [1.807, 2.05) is 0 Å². The van der Waals surface area contributed by atoms with Gasteiger partial charge >= 0.3 is 0 Å². The van der Waals surface area contributed by atoms with E-state index in [2.05, 4.69) is 60.7 Å². The van der Waals surface area contributed by atoms with Gasteiger partial charge in [0.1, 0.15) is 0 Å². The van der Waals surface area contributed by atoms with Gasteiger partial charge in [0.15, 0.2) is 5.96 Å². The van der Waals surface area contributed by atoms with E-state index in [1.165, 1.54) is 11.1 Å². The lowest BCUT2D eigenvalue weighted by Crippen LogP contribution is -2.37. The zero-order valence-corrected chi connectivity index (χ0v) is 13.6. The molecule has 0 bridgehead atoms. The molecule has 4 heteroatoms. The van der Waals surface area contributed by atoms with Gasteiger partial charge in [-0.25, -0.2) is 4.99 Å². The summed E-state index contributed by atoms with van der Waals surface area (Å²) in [6.07, 6.45) is 2.14. The number of ether oxygens (including phenoxy) is 1. The Balaban J connectivity index is 2.66. The van der Waals surface area contributed by atoms with E-state index >= 15 is 0 Å². The fraction of sp³-hybridized carbons (Fsp3) is 0.588. The van der Waals surface area contributed by atoms with E-state index in [0.29, 0.717) is 13.2 Å². The van der Waals surface area contributed by atoms with Crippen LogP contribution in [0.3, 0.4) is 0 Å². The lowest BCUT2D eigenvalue weighted by molar-refractivity contribution is 0.121. The van der Waals surface area contributed by atoms with Gasteiger partial charge in [0, 0.05) is 19.7 Å². The summed E-state index contributed by atoms with van der Waals surface area (Å²) < 4.78 is 5.65. The molecule has 0 aliphatic heterocycles. The molecule has 0 saturated carbocycles. The molecule has 4 nitrogen and oxygen atoms in total. The van der Waals surface area contributed by atoms with Crippen molar-refractivity contribution in [2.45, 2.75) is 46.8 Å². The van der Waals surface area contributed by atoms with Crippen molar-refractivity contribution in [1.29, 1.82) is 0 Å². The first-order valence-electron chi connectivity index (χ1n) is 7.98. The smallest absolute Gasteiger partial charge is 0.191 e. The lowest BCUT2D eigenvalue weighted by Gasteiger charge is -2.12. The Labute approximate surface area is 129 Å². The van der Waals surface area contributed by atoms with E-state index in [-0.39, 0.29) is 0 Å². The monoisotopic (exact) mass is 291 g/mol. The normalized spacial score (nSPS) is 11.5. The summed E-state index contributed by atoms with van der Waals surface area (Å²) in [7, 11) is 0. The van der Waals surface area contributed by atoms with Crippen molar-refractivity contribution in [3.8, 4) is 0 Å². The van der Waals surface area contributed by atoms with Gasteiger partial charge in [-0.1, -0.05) is 38.1 Å². The van der Waals surface area contributed by atoms with Gasteiger partial charge in [0.25, 0.3) is 0 Å². The van der Waals surface area contributed by atoms with Crippen LogP contribution in [0.2, 0.25) is 0 Å². The van der Waals surface area contributed by atoms with Crippen LogP contribution in [0, 0.1) is 0 Å². The molecule has 0 amide bonds. The quantitative estimate of drug-likeness (QED) is 0.417. The molecule has 0 aliphatic carbocycles. The molecule has 0 saturated heterocycles. The number of nitrogens with zero attached hydrogens (tertiary/aromatic N) is 1. The molecule has 0 fully saturated rings. The van der Waals surface area contributed by atoms with Gasteiger partial charge in [-0.3, -0.25) is 0 Å². The first-order chi connectivity index (χ1) is 10.3. The van der Waals surface area contributed by atoms with E-state index in [1.54, 1.807) is 0 Å². The van der Waals surface area contributed by atoms with Crippen LogP contribution in [0.1, 0.15) is 44.7 Å². The minimum atomic E-state index is 0.665. The van der Waals surface area contributed by atoms with Crippen LogP contribution in [0.4, 0.5) is 0 Å². The Morgan fingerprint density at radius 2 is 1.81 bits per heavy atom. The number of rotatable bonds is 9. The third-order valence-corrected chi connectivity index (χ3v) is 3.02. The zero-order valence-electron chi connectivity index (χ0n) is 13.6. The number of benzene rings is 1. The molecule has 1 rings (SSSR count). The summed E-state index contributed by atoms with van der Waals surface area (Å²) in [5, 5.41) is 6.59. The maximum atomic E-state index is 5.65. The highest BCUT2D eigenvalue weighted by Crippen LogP contribution is 2.11. The molecule has 0 aromatic heterocycles. The molecule has 0 unspecified atom stereocenters. The molecule has 0 aliphatic rings. The fourth-order valence-corrected chi connectivity index (χ4v) is 1.93. The number of hydrogen-bond donors (Lipinski definition) is 2. The Hall–Kier alpha value is -1.55. The van der Waals surface area contributed by atoms with Crippen molar-refractivity contribution >= 4 is 5.96 Å². The fourth-order valence-electron chi connectivity index (χ4n) is 1.93. The number of hydrogen-bond acceptors (Lipinski definition) is 2. The van der Waals surface area contributed by atoms with Crippen LogP contribution in [0.5, 0.6) is 0 Å². The Morgan fingerprint density at radius 1 is 1.05 bits per heavy atom. The number of nitrogens with one attached hydrogen (secondary N) is 2. The molecular formula is C17H29N3O. The molecule has 1 aromatic rings.